The highest BCUT2D eigenvalue weighted by Crippen LogP contribution is 2.29. The molecule has 4 nitrogen and oxygen atoms in total. The molecule has 0 aliphatic rings. The van der Waals surface area contributed by atoms with Crippen molar-refractivity contribution >= 4 is 23.6 Å². The number of hydrogen-bond donors (Lipinski definition) is 3. The van der Waals surface area contributed by atoms with Gasteiger partial charge >= 0.3 is 5.63 Å². The molecule has 0 bridgehead atoms. The van der Waals surface area contributed by atoms with E-state index < -0.39 is 5.63 Å². The Morgan fingerprint density at radius 1 is 1.14 bits per heavy atom. The molecule has 1 heterocycles. The second-order valence-corrected chi connectivity index (χ2v) is 3.28. The van der Waals surface area contributed by atoms with Gasteiger partial charge in [-0.15, -0.1) is 12.6 Å². The van der Waals surface area contributed by atoms with E-state index in [2.05, 4.69) is 12.6 Å². The Hall–Kier alpha value is -1.62. The van der Waals surface area contributed by atoms with Gasteiger partial charge in [-0.05, 0) is 12.1 Å². The molecule has 0 unspecified atom stereocenters. The molecule has 0 aliphatic carbocycles. The summed E-state index contributed by atoms with van der Waals surface area (Å²) in [5.41, 5.74) is -0.367. The molecule has 1 aromatic heterocycles. The van der Waals surface area contributed by atoms with Crippen molar-refractivity contribution in [2.45, 2.75) is 4.90 Å². The maximum absolute atomic E-state index is 11.0. The third-order valence-corrected chi connectivity index (χ3v) is 2.12. The molecule has 72 valence electrons. The number of phenolic OH excluding ortho intramolecular Hbond substituents is 2. The quantitative estimate of drug-likeness (QED) is 0.350. The molecule has 1 aromatic carbocycles. The van der Waals surface area contributed by atoms with E-state index in [1.54, 1.807) is 0 Å². The molecule has 0 atom stereocenters. The van der Waals surface area contributed by atoms with Crippen LogP contribution in [0.1, 0.15) is 0 Å². The summed E-state index contributed by atoms with van der Waals surface area (Å²) in [6.07, 6.45) is 0. The summed E-state index contributed by atoms with van der Waals surface area (Å²) < 4.78 is 4.83. The van der Waals surface area contributed by atoms with Gasteiger partial charge in [0, 0.05) is 11.5 Å². The Labute approximate surface area is 83.8 Å². The summed E-state index contributed by atoms with van der Waals surface area (Å²) in [7, 11) is 0. The van der Waals surface area contributed by atoms with Crippen molar-refractivity contribution < 1.29 is 14.6 Å². The van der Waals surface area contributed by atoms with Gasteiger partial charge in [-0.25, -0.2) is 4.79 Å². The monoisotopic (exact) mass is 210 g/mol. The molecule has 0 fully saturated rings. The fourth-order valence-corrected chi connectivity index (χ4v) is 1.32. The highest BCUT2D eigenvalue weighted by Gasteiger charge is 2.06. The predicted octanol–water partition coefficient (Wildman–Crippen LogP) is 1.49. The van der Waals surface area contributed by atoms with Crippen molar-refractivity contribution in [1.29, 1.82) is 0 Å². The van der Waals surface area contributed by atoms with Gasteiger partial charge in [0.15, 0.2) is 11.5 Å². The van der Waals surface area contributed by atoms with Gasteiger partial charge in [0.25, 0.3) is 0 Å². The fourth-order valence-electron chi connectivity index (χ4n) is 1.13. The van der Waals surface area contributed by atoms with Crippen LogP contribution in [0.3, 0.4) is 0 Å². The first-order chi connectivity index (χ1) is 6.58. The van der Waals surface area contributed by atoms with Crippen molar-refractivity contribution in [2.75, 3.05) is 0 Å². The molecule has 0 amide bonds. The number of phenols is 2. The molecule has 0 aliphatic heterocycles. The Morgan fingerprint density at radius 2 is 1.79 bits per heavy atom. The summed E-state index contributed by atoms with van der Waals surface area (Å²) in [4.78, 5) is 11.2. The molecule has 0 saturated heterocycles. The van der Waals surface area contributed by atoms with Crippen LogP contribution < -0.4 is 5.63 Å². The summed E-state index contributed by atoms with van der Waals surface area (Å²) in [5.74, 6) is -0.591. The van der Waals surface area contributed by atoms with Gasteiger partial charge in [-0.2, -0.15) is 0 Å². The van der Waals surface area contributed by atoms with E-state index >= 15 is 0 Å². The first-order valence-electron chi connectivity index (χ1n) is 3.77. The van der Waals surface area contributed by atoms with Crippen molar-refractivity contribution in [2.24, 2.45) is 0 Å². The van der Waals surface area contributed by atoms with Crippen LogP contribution in [0, 0.1) is 0 Å². The van der Waals surface area contributed by atoms with Gasteiger partial charge in [-0.3, -0.25) is 0 Å². The second-order valence-electron chi connectivity index (χ2n) is 2.80. The Balaban J connectivity index is 2.90. The van der Waals surface area contributed by atoms with E-state index in [9.17, 15) is 9.90 Å². The van der Waals surface area contributed by atoms with Gasteiger partial charge in [-0.1, -0.05) is 0 Å². The third kappa shape index (κ3) is 1.31. The number of hydrogen-bond acceptors (Lipinski definition) is 5. The minimum atomic E-state index is -0.578. The summed E-state index contributed by atoms with van der Waals surface area (Å²) in [6, 6.07) is 3.94. The standard InChI is InChI=1S/C9H6O4S/c10-5-1-4-2-8(14)9(12)13-7(4)3-6(5)11/h1-3,10-11,14H. The number of fused-ring (bicyclic) bond motifs is 1. The van der Waals surface area contributed by atoms with Crippen LogP contribution in [0.5, 0.6) is 11.5 Å². The smallest absolute Gasteiger partial charge is 0.349 e. The first kappa shape index (κ1) is 8.96. The average molecular weight is 210 g/mol. The van der Waals surface area contributed by atoms with Crippen LogP contribution in [0.2, 0.25) is 0 Å². The molecule has 0 spiro atoms. The van der Waals surface area contributed by atoms with E-state index in [-0.39, 0.29) is 22.0 Å². The van der Waals surface area contributed by atoms with Crippen LogP contribution in [0.25, 0.3) is 11.0 Å². The molecular formula is C9H6O4S. The van der Waals surface area contributed by atoms with E-state index in [1.807, 2.05) is 0 Å². The number of benzene rings is 1. The number of aromatic hydroxyl groups is 2. The Morgan fingerprint density at radius 3 is 2.50 bits per heavy atom. The molecule has 0 radical (unpaired) electrons. The second kappa shape index (κ2) is 2.95. The molecule has 5 heteroatoms. The van der Waals surface area contributed by atoms with Crippen molar-refractivity contribution in [3.8, 4) is 11.5 Å². The van der Waals surface area contributed by atoms with Gasteiger partial charge < -0.3 is 14.6 Å². The van der Waals surface area contributed by atoms with Crippen LogP contribution in [0.4, 0.5) is 0 Å². The Bertz CT molecular complexity index is 558. The average Bonchev–Trinajstić information content (AvgIpc) is 2.11. The van der Waals surface area contributed by atoms with Gasteiger partial charge in [0.2, 0.25) is 0 Å². The fraction of sp³-hybridized carbons (Fsp3) is 0. The van der Waals surface area contributed by atoms with Gasteiger partial charge in [0.1, 0.15) is 5.58 Å². The van der Waals surface area contributed by atoms with Crippen LogP contribution >= 0.6 is 12.6 Å². The van der Waals surface area contributed by atoms with Crippen molar-refractivity contribution in [3.05, 3.63) is 28.6 Å². The zero-order valence-electron chi connectivity index (χ0n) is 6.89. The summed E-state index contributed by atoms with van der Waals surface area (Å²) in [6.45, 7) is 0. The zero-order chi connectivity index (χ0) is 10.3. The van der Waals surface area contributed by atoms with Crippen LogP contribution in [0.15, 0.2) is 32.3 Å². The normalized spacial score (nSPS) is 10.6. The van der Waals surface area contributed by atoms with E-state index in [0.29, 0.717) is 5.39 Å². The lowest BCUT2D eigenvalue weighted by molar-refractivity contribution is 0.403. The summed E-state index contributed by atoms with van der Waals surface area (Å²) in [5, 5.41) is 18.8. The van der Waals surface area contributed by atoms with Gasteiger partial charge in [0.05, 0.1) is 4.90 Å². The number of rotatable bonds is 0. The molecule has 2 aromatic rings. The lowest BCUT2D eigenvalue weighted by atomic mass is 10.2. The van der Waals surface area contributed by atoms with E-state index in [4.69, 9.17) is 9.52 Å². The predicted molar refractivity (Wildman–Crippen MR) is 53.1 cm³/mol. The Kier molecular flexibility index (Phi) is 1.89. The SMILES string of the molecule is O=c1oc2cc(O)c(O)cc2cc1S. The molecule has 14 heavy (non-hydrogen) atoms. The molecule has 2 rings (SSSR count). The first-order valence-corrected chi connectivity index (χ1v) is 4.21. The van der Waals surface area contributed by atoms with Crippen molar-refractivity contribution in [3.63, 3.8) is 0 Å². The maximum Gasteiger partial charge on any atom is 0.349 e. The lowest BCUT2D eigenvalue weighted by Gasteiger charge is -2.00. The summed E-state index contributed by atoms with van der Waals surface area (Å²) >= 11 is 3.88. The molecular weight excluding hydrogens is 204 g/mol. The van der Waals surface area contributed by atoms with Crippen molar-refractivity contribution in [1.82, 2.24) is 0 Å². The highest BCUT2D eigenvalue weighted by atomic mass is 32.1. The minimum absolute atomic E-state index is 0.155. The zero-order valence-corrected chi connectivity index (χ0v) is 7.78. The van der Waals surface area contributed by atoms with Crippen LogP contribution in [-0.4, -0.2) is 10.2 Å². The lowest BCUT2D eigenvalue weighted by Crippen LogP contribution is -1.98. The largest absolute Gasteiger partial charge is 0.504 e. The topological polar surface area (TPSA) is 70.7 Å². The molecule has 0 saturated carbocycles. The van der Waals surface area contributed by atoms with E-state index in [1.165, 1.54) is 18.2 Å². The molecule has 2 N–H and O–H groups in total. The van der Waals surface area contributed by atoms with E-state index in [0.717, 1.165) is 0 Å². The highest BCUT2D eigenvalue weighted by molar-refractivity contribution is 7.80. The maximum atomic E-state index is 11.0. The third-order valence-electron chi connectivity index (χ3n) is 1.81. The van der Waals surface area contributed by atoms with Crippen LogP contribution in [-0.2, 0) is 0 Å². The number of thiol groups is 1. The minimum Gasteiger partial charge on any atom is -0.504 e.